The first kappa shape index (κ1) is 14.4. The Morgan fingerprint density at radius 1 is 1.55 bits per heavy atom. The maximum Gasteiger partial charge on any atom is 0.287 e. The molecule has 6 nitrogen and oxygen atoms in total. The van der Waals surface area contributed by atoms with Crippen molar-refractivity contribution in [2.45, 2.75) is 13.0 Å². The molecule has 0 aliphatic heterocycles. The zero-order valence-corrected chi connectivity index (χ0v) is 11.9. The average molecular weight is 312 g/mol. The van der Waals surface area contributed by atoms with E-state index < -0.39 is 4.92 Å². The van der Waals surface area contributed by atoms with E-state index in [0.717, 1.165) is 5.01 Å². The van der Waals surface area contributed by atoms with Gasteiger partial charge < -0.3 is 5.32 Å². The van der Waals surface area contributed by atoms with Gasteiger partial charge in [0.15, 0.2) is 0 Å². The Hall–Kier alpha value is -1.99. The smallest absolute Gasteiger partial charge is 0.287 e. The Labute approximate surface area is 123 Å². The van der Waals surface area contributed by atoms with E-state index in [1.807, 2.05) is 12.3 Å². The summed E-state index contributed by atoms with van der Waals surface area (Å²) in [6.45, 7) is 1.81. The number of aromatic nitrogens is 1. The van der Waals surface area contributed by atoms with Crippen LogP contribution in [0.3, 0.4) is 0 Å². The zero-order chi connectivity index (χ0) is 14.7. The number of nitro groups is 1. The topological polar surface area (TPSA) is 85.1 Å². The summed E-state index contributed by atoms with van der Waals surface area (Å²) in [5.41, 5.74) is 0.0418. The van der Waals surface area contributed by atoms with Gasteiger partial charge in [0.2, 0.25) is 0 Å². The van der Waals surface area contributed by atoms with Crippen molar-refractivity contribution >= 4 is 34.5 Å². The number of carbonyl (C=O) groups is 1. The lowest BCUT2D eigenvalue weighted by molar-refractivity contribution is -0.384. The summed E-state index contributed by atoms with van der Waals surface area (Å²) in [6, 6.07) is 3.62. The minimum absolute atomic E-state index is 0.0652. The van der Waals surface area contributed by atoms with Crippen LogP contribution in [0.1, 0.15) is 28.3 Å². The lowest BCUT2D eigenvalue weighted by Crippen LogP contribution is -2.26. The minimum atomic E-state index is -0.595. The number of hydrogen-bond acceptors (Lipinski definition) is 5. The van der Waals surface area contributed by atoms with Crippen LogP contribution in [0, 0.1) is 10.1 Å². The third kappa shape index (κ3) is 3.12. The van der Waals surface area contributed by atoms with Crippen LogP contribution >= 0.6 is 22.9 Å². The predicted octanol–water partition coefficient (Wildman–Crippen LogP) is 3.20. The van der Waals surface area contributed by atoms with Crippen molar-refractivity contribution in [2.24, 2.45) is 0 Å². The third-order valence-corrected chi connectivity index (χ3v) is 3.84. The summed E-state index contributed by atoms with van der Waals surface area (Å²) in [5.74, 6) is -0.357. The number of amides is 1. The van der Waals surface area contributed by atoms with Crippen LogP contribution in [0.5, 0.6) is 0 Å². The fourth-order valence-corrected chi connectivity index (χ4v) is 2.48. The molecule has 2 aromatic rings. The van der Waals surface area contributed by atoms with E-state index in [0.29, 0.717) is 0 Å². The molecule has 0 fully saturated rings. The van der Waals surface area contributed by atoms with Crippen molar-refractivity contribution in [3.05, 3.63) is 55.5 Å². The summed E-state index contributed by atoms with van der Waals surface area (Å²) in [4.78, 5) is 26.2. The van der Waals surface area contributed by atoms with Gasteiger partial charge in [-0.15, -0.1) is 11.3 Å². The first-order valence-corrected chi connectivity index (χ1v) is 6.89. The number of halogens is 1. The molecule has 1 heterocycles. The first-order chi connectivity index (χ1) is 9.49. The first-order valence-electron chi connectivity index (χ1n) is 5.63. The summed E-state index contributed by atoms with van der Waals surface area (Å²) in [7, 11) is 0. The molecule has 0 spiro atoms. The van der Waals surface area contributed by atoms with Crippen LogP contribution in [0.15, 0.2) is 29.8 Å². The largest absolute Gasteiger partial charge is 0.343 e. The van der Waals surface area contributed by atoms with E-state index in [2.05, 4.69) is 10.3 Å². The van der Waals surface area contributed by atoms with Crippen LogP contribution in [-0.4, -0.2) is 15.8 Å². The Bertz CT molecular complexity index is 645. The Kier molecular flexibility index (Phi) is 4.31. The molecule has 0 aliphatic carbocycles. The lowest BCUT2D eigenvalue weighted by Gasteiger charge is -2.11. The number of nitrogens with one attached hydrogen (secondary N) is 1. The molecule has 1 aromatic carbocycles. The molecule has 0 saturated heterocycles. The normalized spacial score (nSPS) is 11.9. The number of benzene rings is 1. The molecule has 0 bridgehead atoms. The Balaban J connectivity index is 2.14. The predicted molar refractivity (Wildman–Crippen MR) is 76.1 cm³/mol. The number of nitro benzene ring substituents is 1. The van der Waals surface area contributed by atoms with Gasteiger partial charge in [-0.2, -0.15) is 0 Å². The molecule has 1 N–H and O–H groups in total. The van der Waals surface area contributed by atoms with Crippen molar-refractivity contribution in [3.8, 4) is 0 Å². The van der Waals surface area contributed by atoms with E-state index in [4.69, 9.17) is 11.6 Å². The van der Waals surface area contributed by atoms with Gasteiger partial charge in [0.05, 0.1) is 11.0 Å². The van der Waals surface area contributed by atoms with Gasteiger partial charge >= 0.3 is 0 Å². The van der Waals surface area contributed by atoms with Crippen molar-refractivity contribution in [1.29, 1.82) is 0 Å². The molecular formula is C12H10ClN3O3S. The standard InChI is InChI=1S/C12H10ClN3O3S/c1-7(12-14-4-5-20-12)15-11(17)8-2-3-10(16(18)19)9(13)6-8/h2-7H,1H3,(H,15,17). The summed E-state index contributed by atoms with van der Waals surface area (Å²) in [6.07, 6.45) is 1.66. The van der Waals surface area contributed by atoms with E-state index >= 15 is 0 Å². The van der Waals surface area contributed by atoms with Crippen LogP contribution in [0.25, 0.3) is 0 Å². The van der Waals surface area contributed by atoms with Crippen molar-refractivity contribution in [3.63, 3.8) is 0 Å². The summed E-state index contributed by atoms with van der Waals surface area (Å²) in [5, 5.41) is 15.9. The van der Waals surface area contributed by atoms with Crippen molar-refractivity contribution in [1.82, 2.24) is 10.3 Å². The monoisotopic (exact) mass is 311 g/mol. The molecule has 0 saturated carbocycles. The average Bonchev–Trinajstić information content (AvgIpc) is 2.91. The fraction of sp³-hybridized carbons (Fsp3) is 0.167. The van der Waals surface area contributed by atoms with Crippen LogP contribution in [0.2, 0.25) is 5.02 Å². The van der Waals surface area contributed by atoms with Crippen LogP contribution < -0.4 is 5.32 Å². The van der Waals surface area contributed by atoms with E-state index in [1.54, 1.807) is 6.20 Å². The number of carbonyl (C=O) groups excluding carboxylic acids is 1. The summed E-state index contributed by atoms with van der Waals surface area (Å²) >= 11 is 7.21. The molecule has 2 rings (SSSR count). The van der Waals surface area contributed by atoms with Crippen LogP contribution in [-0.2, 0) is 0 Å². The number of rotatable bonds is 4. The molecule has 1 amide bonds. The second-order valence-electron chi connectivity index (χ2n) is 3.99. The van der Waals surface area contributed by atoms with Gasteiger partial charge in [0.1, 0.15) is 10.0 Å². The third-order valence-electron chi connectivity index (χ3n) is 2.58. The van der Waals surface area contributed by atoms with E-state index in [1.165, 1.54) is 29.5 Å². The number of thiazole rings is 1. The molecule has 0 radical (unpaired) electrons. The molecule has 8 heteroatoms. The molecule has 0 aliphatic rings. The van der Waals surface area contributed by atoms with Gasteiger partial charge in [0.25, 0.3) is 11.6 Å². The highest BCUT2D eigenvalue weighted by molar-refractivity contribution is 7.09. The quantitative estimate of drug-likeness (QED) is 0.694. The number of hydrogen-bond donors (Lipinski definition) is 1. The minimum Gasteiger partial charge on any atom is -0.343 e. The molecular weight excluding hydrogens is 302 g/mol. The maximum absolute atomic E-state index is 12.0. The highest BCUT2D eigenvalue weighted by Crippen LogP contribution is 2.25. The van der Waals surface area contributed by atoms with Crippen molar-refractivity contribution in [2.75, 3.05) is 0 Å². The zero-order valence-electron chi connectivity index (χ0n) is 10.4. The molecule has 1 aromatic heterocycles. The van der Waals surface area contributed by atoms with E-state index in [-0.39, 0.29) is 28.2 Å². The van der Waals surface area contributed by atoms with Gasteiger partial charge in [-0.3, -0.25) is 14.9 Å². The second kappa shape index (κ2) is 5.98. The highest BCUT2D eigenvalue weighted by atomic mass is 35.5. The highest BCUT2D eigenvalue weighted by Gasteiger charge is 2.17. The maximum atomic E-state index is 12.0. The fourth-order valence-electron chi connectivity index (χ4n) is 1.59. The molecule has 1 unspecified atom stereocenters. The molecule has 20 heavy (non-hydrogen) atoms. The van der Waals surface area contributed by atoms with Gasteiger partial charge in [-0.1, -0.05) is 11.6 Å². The van der Waals surface area contributed by atoms with E-state index in [9.17, 15) is 14.9 Å². The number of nitrogens with zero attached hydrogens (tertiary/aromatic N) is 2. The van der Waals surface area contributed by atoms with Gasteiger partial charge in [-0.25, -0.2) is 4.98 Å². The molecule has 104 valence electrons. The van der Waals surface area contributed by atoms with Gasteiger partial charge in [-0.05, 0) is 19.1 Å². The summed E-state index contributed by atoms with van der Waals surface area (Å²) < 4.78 is 0. The Morgan fingerprint density at radius 2 is 2.30 bits per heavy atom. The lowest BCUT2D eigenvalue weighted by atomic mass is 10.2. The Morgan fingerprint density at radius 3 is 2.85 bits per heavy atom. The van der Waals surface area contributed by atoms with Crippen LogP contribution in [0.4, 0.5) is 5.69 Å². The van der Waals surface area contributed by atoms with Crippen molar-refractivity contribution < 1.29 is 9.72 Å². The van der Waals surface area contributed by atoms with Gasteiger partial charge in [0, 0.05) is 23.2 Å². The second-order valence-corrected chi connectivity index (χ2v) is 5.32. The molecule has 1 atom stereocenters. The SMILES string of the molecule is CC(NC(=O)c1ccc([N+](=O)[O-])c(Cl)c1)c1nccs1.